The lowest BCUT2D eigenvalue weighted by Gasteiger charge is -2.33. The van der Waals surface area contributed by atoms with Gasteiger partial charge in [0.05, 0.1) is 0 Å². The summed E-state index contributed by atoms with van der Waals surface area (Å²) in [5, 5.41) is 11.7. The van der Waals surface area contributed by atoms with E-state index in [2.05, 4.69) is 174 Å². The zero-order valence-electron chi connectivity index (χ0n) is 35.1. The Labute approximate surface area is 375 Å². The molecule has 0 saturated heterocycles. The molecule has 7 heteroatoms. The molecule has 7 nitrogen and oxygen atoms in total. The number of furan rings is 1. The van der Waals surface area contributed by atoms with Crippen LogP contribution in [0.3, 0.4) is 0 Å². The molecule has 2 N–H and O–H groups in total. The van der Waals surface area contributed by atoms with E-state index in [1.165, 1.54) is 0 Å². The maximum absolute atomic E-state index is 6.63. The first-order valence-electron chi connectivity index (χ1n) is 21.9. The first kappa shape index (κ1) is 38.2. The number of amidine groups is 1. The molecule has 1 aliphatic rings. The molecule has 65 heavy (non-hydrogen) atoms. The highest BCUT2D eigenvalue weighted by Crippen LogP contribution is 2.41. The van der Waals surface area contributed by atoms with Crippen LogP contribution in [0.5, 0.6) is 0 Å². The van der Waals surface area contributed by atoms with Crippen molar-refractivity contribution in [2.24, 2.45) is 4.99 Å². The summed E-state index contributed by atoms with van der Waals surface area (Å²) in [5.41, 5.74) is 11.8. The molecule has 308 valence electrons. The van der Waals surface area contributed by atoms with Crippen molar-refractivity contribution < 1.29 is 4.42 Å². The molecule has 0 radical (unpaired) electrons. The smallest absolute Gasteiger partial charge is 0.164 e. The van der Waals surface area contributed by atoms with Gasteiger partial charge >= 0.3 is 0 Å². The zero-order chi connectivity index (χ0) is 43.1. The van der Waals surface area contributed by atoms with Gasteiger partial charge in [-0.3, -0.25) is 5.32 Å². The summed E-state index contributed by atoms with van der Waals surface area (Å²) in [5.74, 6) is 2.61. The molecule has 3 heterocycles. The molecule has 2 aromatic heterocycles. The fourth-order valence-electron chi connectivity index (χ4n) is 9.07. The van der Waals surface area contributed by atoms with Crippen LogP contribution in [0, 0.1) is 0 Å². The fraction of sp³-hybridized carbons (Fsp3) is 0.0345. The van der Waals surface area contributed by atoms with E-state index in [1.807, 2.05) is 54.6 Å². The molecule has 0 fully saturated rings. The normalized spacial score (nSPS) is 14.9. The van der Waals surface area contributed by atoms with E-state index in [9.17, 15) is 0 Å². The maximum atomic E-state index is 6.63. The number of para-hydroxylation sites is 1. The summed E-state index contributed by atoms with van der Waals surface area (Å²) >= 11 is 0. The Balaban J connectivity index is 0.978. The van der Waals surface area contributed by atoms with Crippen LogP contribution in [-0.2, 0) is 0 Å². The van der Waals surface area contributed by atoms with E-state index in [-0.39, 0.29) is 12.3 Å². The third-order valence-electron chi connectivity index (χ3n) is 12.2. The second-order valence-electron chi connectivity index (χ2n) is 16.3. The van der Waals surface area contributed by atoms with Crippen LogP contribution >= 0.6 is 0 Å². The third-order valence-corrected chi connectivity index (χ3v) is 12.2. The molecule has 0 spiro atoms. The van der Waals surface area contributed by atoms with Gasteiger partial charge in [-0.15, -0.1) is 0 Å². The highest BCUT2D eigenvalue weighted by Gasteiger charge is 2.28. The number of hydrogen-bond donors (Lipinski definition) is 2. The van der Waals surface area contributed by atoms with E-state index in [0.717, 1.165) is 94.2 Å². The quantitative estimate of drug-likeness (QED) is 0.158. The molecule has 2 unspecified atom stereocenters. The van der Waals surface area contributed by atoms with E-state index in [0.29, 0.717) is 17.5 Å². The second kappa shape index (κ2) is 16.3. The minimum atomic E-state index is -0.322. The predicted octanol–water partition coefficient (Wildman–Crippen LogP) is 13.6. The number of benzene rings is 9. The van der Waals surface area contributed by atoms with Crippen molar-refractivity contribution in [1.29, 1.82) is 0 Å². The van der Waals surface area contributed by atoms with Crippen molar-refractivity contribution in [1.82, 2.24) is 25.6 Å². The van der Waals surface area contributed by atoms with Gasteiger partial charge in [0.25, 0.3) is 0 Å². The maximum Gasteiger partial charge on any atom is 0.164 e. The number of nitrogens with zero attached hydrogens (tertiary/aromatic N) is 4. The second-order valence-corrected chi connectivity index (χ2v) is 16.3. The molecule has 0 bridgehead atoms. The standard InChI is InChI=1S/C58H40N6O/c1-4-17-38(18-5-1)44-26-12-13-27-46(44)56-60-53(40-20-6-2-7-21-40)59-55(62-56)42-33-31-37(32-34-42)43-35-49(52-48-28-14-15-30-50(48)65-51(52)36-43)58-63-54(41-22-8-3-9-23-41)61-57(64-58)47-29-16-24-39-19-10-11-25-45(39)47/h1-36,55-56,62H,(H,59,60). The number of nitrogens with one attached hydrogen (secondary N) is 2. The number of rotatable bonds is 8. The molecule has 9 aromatic carbocycles. The summed E-state index contributed by atoms with van der Waals surface area (Å²) in [7, 11) is 0. The molecule has 0 amide bonds. The number of aromatic nitrogens is 3. The van der Waals surface area contributed by atoms with Crippen LogP contribution in [-0.4, -0.2) is 20.8 Å². The summed E-state index contributed by atoms with van der Waals surface area (Å²) in [4.78, 5) is 20.9. The summed E-state index contributed by atoms with van der Waals surface area (Å²) in [6.07, 6.45) is -0.529. The molecule has 0 aliphatic carbocycles. The van der Waals surface area contributed by atoms with Crippen molar-refractivity contribution in [3.05, 3.63) is 235 Å². The van der Waals surface area contributed by atoms with E-state index in [1.54, 1.807) is 0 Å². The lowest BCUT2D eigenvalue weighted by Crippen LogP contribution is -2.45. The molecule has 12 rings (SSSR count). The van der Waals surface area contributed by atoms with Crippen LogP contribution < -0.4 is 10.6 Å². The van der Waals surface area contributed by atoms with Gasteiger partial charge in [-0.05, 0) is 62.4 Å². The Morgan fingerprint density at radius 1 is 0.400 bits per heavy atom. The predicted molar refractivity (Wildman–Crippen MR) is 263 cm³/mol. The fourth-order valence-corrected chi connectivity index (χ4v) is 9.07. The average molecular weight is 837 g/mol. The summed E-state index contributed by atoms with van der Waals surface area (Å²) < 4.78 is 6.63. The van der Waals surface area contributed by atoms with E-state index in [4.69, 9.17) is 24.4 Å². The van der Waals surface area contributed by atoms with Gasteiger partial charge in [-0.25, -0.2) is 19.9 Å². The lowest BCUT2D eigenvalue weighted by atomic mass is 9.96. The minimum Gasteiger partial charge on any atom is -0.456 e. The van der Waals surface area contributed by atoms with Crippen molar-refractivity contribution in [2.75, 3.05) is 0 Å². The molecular formula is C58H40N6O. The van der Waals surface area contributed by atoms with Crippen LogP contribution in [0.25, 0.3) is 89.1 Å². The molecule has 1 aliphatic heterocycles. The van der Waals surface area contributed by atoms with Crippen molar-refractivity contribution >= 4 is 38.5 Å². The Morgan fingerprint density at radius 2 is 1.00 bits per heavy atom. The first-order chi connectivity index (χ1) is 32.2. The number of hydrogen-bond acceptors (Lipinski definition) is 7. The van der Waals surface area contributed by atoms with Crippen LogP contribution in [0.4, 0.5) is 0 Å². The molecule has 0 saturated carbocycles. The van der Waals surface area contributed by atoms with Crippen LogP contribution in [0.15, 0.2) is 228 Å². The van der Waals surface area contributed by atoms with Gasteiger partial charge in [-0.1, -0.05) is 200 Å². The topological polar surface area (TPSA) is 88.2 Å². The van der Waals surface area contributed by atoms with Crippen LogP contribution in [0.2, 0.25) is 0 Å². The third kappa shape index (κ3) is 7.20. The first-order valence-corrected chi connectivity index (χ1v) is 21.9. The Bertz CT molecular complexity index is 3550. The van der Waals surface area contributed by atoms with Gasteiger partial charge in [0, 0.05) is 33.0 Å². The number of aliphatic imine (C=N–C) groups is 1. The molecule has 11 aromatic rings. The van der Waals surface area contributed by atoms with Gasteiger partial charge in [0.15, 0.2) is 17.5 Å². The van der Waals surface area contributed by atoms with Gasteiger partial charge < -0.3 is 9.73 Å². The van der Waals surface area contributed by atoms with Crippen LogP contribution in [0.1, 0.15) is 29.0 Å². The minimum absolute atomic E-state index is 0.207. The lowest BCUT2D eigenvalue weighted by molar-refractivity contribution is 0.409. The van der Waals surface area contributed by atoms with Crippen molar-refractivity contribution in [3.63, 3.8) is 0 Å². The molecule has 2 atom stereocenters. The van der Waals surface area contributed by atoms with E-state index < -0.39 is 0 Å². The molecular weight excluding hydrogens is 797 g/mol. The monoisotopic (exact) mass is 836 g/mol. The zero-order valence-corrected chi connectivity index (χ0v) is 35.1. The average Bonchev–Trinajstić information content (AvgIpc) is 3.77. The summed E-state index contributed by atoms with van der Waals surface area (Å²) in [6.45, 7) is 0. The highest BCUT2D eigenvalue weighted by atomic mass is 16.3. The van der Waals surface area contributed by atoms with Crippen molar-refractivity contribution in [3.8, 4) is 56.4 Å². The Kier molecular flexibility index (Phi) is 9.58. The highest BCUT2D eigenvalue weighted by molar-refractivity contribution is 6.13. The Hall–Kier alpha value is -8.52. The van der Waals surface area contributed by atoms with Crippen molar-refractivity contribution in [2.45, 2.75) is 12.3 Å². The largest absolute Gasteiger partial charge is 0.456 e. The van der Waals surface area contributed by atoms with Gasteiger partial charge in [0.2, 0.25) is 0 Å². The van der Waals surface area contributed by atoms with E-state index >= 15 is 0 Å². The Morgan fingerprint density at radius 3 is 1.78 bits per heavy atom. The van der Waals surface area contributed by atoms with Gasteiger partial charge in [0.1, 0.15) is 29.3 Å². The SMILES string of the molecule is c1ccc(C2=NC(c3ccc(-c4cc(-c5nc(-c6ccccc6)nc(-c6cccc7ccccc67)n5)c5c(c4)oc4ccccc45)cc3)NC(c3ccccc3-c3ccccc3)N2)cc1. The summed E-state index contributed by atoms with van der Waals surface area (Å²) in [6, 6.07) is 75.3. The number of fused-ring (bicyclic) bond motifs is 4. The van der Waals surface area contributed by atoms with Gasteiger partial charge in [-0.2, -0.15) is 0 Å².